The number of hydrogen-bond donors (Lipinski definition) is 1. The van der Waals surface area contributed by atoms with Crippen LogP contribution in [0.2, 0.25) is 0 Å². The summed E-state index contributed by atoms with van der Waals surface area (Å²) >= 11 is 3.49. The topological polar surface area (TPSA) is 50.8 Å². The van der Waals surface area contributed by atoms with Crippen LogP contribution in [0.1, 0.15) is 30.6 Å². The molecular formula is C16H23BrN2O3. The normalized spacial score (nSPS) is 18.2. The molecular weight excluding hydrogens is 348 g/mol. The van der Waals surface area contributed by atoms with Gasteiger partial charge in [0.2, 0.25) is 0 Å². The molecule has 1 aromatic rings. The van der Waals surface area contributed by atoms with Gasteiger partial charge in [0.25, 0.3) is 5.91 Å². The number of nitrogens with zero attached hydrogens (tertiary/aromatic N) is 1. The predicted octanol–water partition coefficient (Wildman–Crippen LogP) is 2.68. The third-order valence-electron chi connectivity index (χ3n) is 3.69. The van der Waals surface area contributed by atoms with Crippen molar-refractivity contribution in [3.05, 3.63) is 22.2 Å². The molecule has 1 aliphatic rings. The quantitative estimate of drug-likeness (QED) is 0.865. The summed E-state index contributed by atoms with van der Waals surface area (Å²) in [5.74, 6) is 1.25. The molecule has 0 bridgehead atoms. The van der Waals surface area contributed by atoms with Crippen molar-refractivity contribution in [2.75, 3.05) is 33.4 Å². The maximum absolute atomic E-state index is 12.7. The molecule has 1 heterocycles. The van der Waals surface area contributed by atoms with E-state index >= 15 is 0 Å². The number of nitrogens with one attached hydrogen (secondary N) is 1. The molecule has 1 aromatic carbocycles. The lowest BCUT2D eigenvalue weighted by Crippen LogP contribution is -2.52. The number of ether oxygens (including phenoxy) is 2. The molecule has 1 fully saturated rings. The standard InChI is InChI=1S/C16H23BrN2O3/c1-4-7-22-15-13(17)8-12(9-14(15)21-3)16(20)19-6-5-18-10-11(19)2/h8-9,11,18H,4-7,10H2,1-3H3/t11-/m0/s1. The highest BCUT2D eigenvalue weighted by molar-refractivity contribution is 9.10. The highest BCUT2D eigenvalue weighted by atomic mass is 79.9. The molecule has 1 atom stereocenters. The monoisotopic (exact) mass is 370 g/mol. The summed E-state index contributed by atoms with van der Waals surface area (Å²) in [5, 5.41) is 3.29. The summed E-state index contributed by atoms with van der Waals surface area (Å²) in [5.41, 5.74) is 0.612. The van der Waals surface area contributed by atoms with Crippen molar-refractivity contribution in [1.29, 1.82) is 0 Å². The second-order valence-corrected chi connectivity index (χ2v) is 6.24. The number of carbonyl (C=O) groups is 1. The van der Waals surface area contributed by atoms with Gasteiger partial charge in [-0.3, -0.25) is 4.79 Å². The Labute approximate surface area is 140 Å². The first-order valence-electron chi connectivity index (χ1n) is 7.60. The third-order valence-corrected chi connectivity index (χ3v) is 4.28. The molecule has 0 saturated carbocycles. The maximum Gasteiger partial charge on any atom is 0.254 e. The first kappa shape index (κ1) is 17.1. The van der Waals surface area contributed by atoms with Crippen molar-refractivity contribution in [1.82, 2.24) is 10.2 Å². The molecule has 5 nitrogen and oxygen atoms in total. The van der Waals surface area contributed by atoms with Crippen LogP contribution < -0.4 is 14.8 Å². The molecule has 2 rings (SSSR count). The number of halogens is 1. The molecule has 1 amide bonds. The van der Waals surface area contributed by atoms with Crippen molar-refractivity contribution in [2.45, 2.75) is 26.3 Å². The van der Waals surface area contributed by atoms with E-state index in [1.807, 2.05) is 17.9 Å². The zero-order valence-electron chi connectivity index (χ0n) is 13.3. The Bertz CT molecular complexity index is 536. The molecule has 0 spiro atoms. The first-order chi connectivity index (χ1) is 10.6. The van der Waals surface area contributed by atoms with Gasteiger partial charge >= 0.3 is 0 Å². The Hall–Kier alpha value is -1.27. The van der Waals surface area contributed by atoms with Gasteiger partial charge in [0.1, 0.15) is 0 Å². The van der Waals surface area contributed by atoms with Crippen LogP contribution in [0.25, 0.3) is 0 Å². The third kappa shape index (κ3) is 3.73. The highest BCUT2D eigenvalue weighted by Crippen LogP contribution is 2.37. The average Bonchev–Trinajstić information content (AvgIpc) is 2.53. The molecule has 22 heavy (non-hydrogen) atoms. The summed E-state index contributed by atoms with van der Waals surface area (Å²) < 4.78 is 11.8. The van der Waals surface area contributed by atoms with Crippen LogP contribution in [0, 0.1) is 0 Å². The van der Waals surface area contributed by atoms with Crippen molar-refractivity contribution in [3.63, 3.8) is 0 Å². The number of amides is 1. The Morgan fingerprint density at radius 3 is 2.91 bits per heavy atom. The van der Waals surface area contributed by atoms with E-state index in [9.17, 15) is 4.79 Å². The van der Waals surface area contributed by atoms with E-state index in [0.717, 1.165) is 24.0 Å². The molecule has 122 valence electrons. The zero-order chi connectivity index (χ0) is 16.1. The van der Waals surface area contributed by atoms with Crippen molar-refractivity contribution in [3.8, 4) is 11.5 Å². The lowest BCUT2D eigenvalue weighted by atomic mass is 10.1. The smallest absolute Gasteiger partial charge is 0.254 e. The van der Waals surface area contributed by atoms with E-state index in [-0.39, 0.29) is 11.9 Å². The van der Waals surface area contributed by atoms with Crippen LogP contribution in [-0.2, 0) is 0 Å². The van der Waals surface area contributed by atoms with Gasteiger partial charge in [-0.2, -0.15) is 0 Å². The second-order valence-electron chi connectivity index (χ2n) is 5.39. The van der Waals surface area contributed by atoms with E-state index in [2.05, 4.69) is 28.2 Å². The molecule has 0 unspecified atom stereocenters. The van der Waals surface area contributed by atoms with Crippen LogP contribution in [0.4, 0.5) is 0 Å². The van der Waals surface area contributed by atoms with Crippen LogP contribution in [-0.4, -0.2) is 50.2 Å². The maximum atomic E-state index is 12.7. The molecule has 1 saturated heterocycles. The molecule has 1 N–H and O–H groups in total. The molecule has 1 aliphatic heterocycles. The number of hydrogen-bond acceptors (Lipinski definition) is 4. The zero-order valence-corrected chi connectivity index (χ0v) is 14.9. The summed E-state index contributed by atoms with van der Waals surface area (Å²) in [7, 11) is 1.59. The van der Waals surface area contributed by atoms with Crippen molar-refractivity contribution < 1.29 is 14.3 Å². The molecule has 6 heteroatoms. The van der Waals surface area contributed by atoms with Gasteiger partial charge in [0.15, 0.2) is 11.5 Å². The fourth-order valence-electron chi connectivity index (χ4n) is 2.50. The van der Waals surface area contributed by atoms with Gasteiger partial charge in [-0.05, 0) is 41.4 Å². The fraction of sp³-hybridized carbons (Fsp3) is 0.562. The van der Waals surface area contributed by atoms with Gasteiger partial charge in [-0.15, -0.1) is 0 Å². The van der Waals surface area contributed by atoms with Crippen LogP contribution in [0.5, 0.6) is 11.5 Å². The summed E-state index contributed by atoms with van der Waals surface area (Å²) in [4.78, 5) is 14.6. The largest absolute Gasteiger partial charge is 0.493 e. The van der Waals surface area contributed by atoms with Gasteiger partial charge in [-0.1, -0.05) is 6.92 Å². The van der Waals surface area contributed by atoms with Gasteiger partial charge < -0.3 is 19.7 Å². The van der Waals surface area contributed by atoms with Crippen molar-refractivity contribution in [2.24, 2.45) is 0 Å². The second kappa shape index (κ2) is 7.83. The minimum atomic E-state index is 0.0232. The molecule has 0 radical (unpaired) electrons. The van der Waals surface area contributed by atoms with Crippen molar-refractivity contribution >= 4 is 21.8 Å². The van der Waals surface area contributed by atoms with E-state index in [1.165, 1.54) is 0 Å². The van der Waals surface area contributed by atoms with Crippen LogP contribution >= 0.6 is 15.9 Å². The number of rotatable bonds is 5. The van der Waals surface area contributed by atoms with Gasteiger partial charge in [0.05, 0.1) is 18.2 Å². The van der Waals surface area contributed by atoms with Crippen LogP contribution in [0.3, 0.4) is 0 Å². The Balaban J connectivity index is 2.27. The number of carbonyl (C=O) groups excluding carboxylic acids is 1. The Kier molecular flexibility index (Phi) is 6.08. The Morgan fingerprint density at radius 1 is 1.50 bits per heavy atom. The van der Waals surface area contributed by atoms with Crippen LogP contribution in [0.15, 0.2) is 16.6 Å². The fourth-order valence-corrected chi connectivity index (χ4v) is 3.05. The minimum absolute atomic E-state index is 0.0232. The lowest BCUT2D eigenvalue weighted by Gasteiger charge is -2.34. The minimum Gasteiger partial charge on any atom is -0.493 e. The molecule has 0 aromatic heterocycles. The number of methoxy groups -OCH3 is 1. The predicted molar refractivity (Wildman–Crippen MR) is 89.8 cm³/mol. The van der Waals surface area contributed by atoms with E-state index in [1.54, 1.807) is 13.2 Å². The first-order valence-corrected chi connectivity index (χ1v) is 8.39. The number of benzene rings is 1. The average molecular weight is 371 g/mol. The van der Waals surface area contributed by atoms with Gasteiger partial charge in [-0.25, -0.2) is 0 Å². The van der Waals surface area contributed by atoms with E-state index in [4.69, 9.17) is 9.47 Å². The SMILES string of the molecule is CCCOc1c(Br)cc(C(=O)N2CCNC[C@@H]2C)cc1OC. The van der Waals surface area contributed by atoms with E-state index in [0.29, 0.717) is 30.2 Å². The summed E-state index contributed by atoms with van der Waals surface area (Å²) in [6, 6.07) is 3.75. The van der Waals surface area contributed by atoms with Gasteiger partial charge in [0, 0.05) is 31.2 Å². The summed E-state index contributed by atoms with van der Waals surface area (Å²) in [6.45, 7) is 7.07. The highest BCUT2D eigenvalue weighted by Gasteiger charge is 2.25. The Morgan fingerprint density at radius 2 is 2.27 bits per heavy atom. The summed E-state index contributed by atoms with van der Waals surface area (Å²) in [6.07, 6.45) is 0.911. The number of piperazine rings is 1. The van der Waals surface area contributed by atoms with E-state index < -0.39 is 0 Å². The lowest BCUT2D eigenvalue weighted by molar-refractivity contribution is 0.0655. The molecule has 0 aliphatic carbocycles.